The quantitative estimate of drug-likeness (QED) is 0.438. The maximum Gasteiger partial charge on any atom is 0.183 e. The number of nitrogens with zero attached hydrogens (tertiary/aromatic N) is 1. The lowest BCUT2D eigenvalue weighted by molar-refractivity contribution is 1.52. The van der Waals surface area contributed by atoms with Crippen LogP contribution in [-0.4, -0.2) is 6.76 Å². The first-order valence-corrected chi connectivity index (χ1v) is 6.54. The standard InChI is InChI=1S/C8H5Br4N/c9-7(8(10,11)12)13-6-4-2-1-3-5-6/h1-5H. The average Bonchev–Trinajstić information content (AvgIpc) is 2.04. The Bertz CT molecular complexity index is 302. The molecule has 70 valence electrons. The molecule has 0 aliphatic carbocycles. The second kappa shape index (κ2) is 5.05. The molecule has 13 heavy (non-hydrogen) atoms. The van der Waals surface area contributed by atoms with Crippen molar-refractivity contribution in [2.45, 2.75) is 2.14 Å². The van der Waals surface area contributed by atoms with E-state index in [0.717, 1.165) is 10.3 Å². The summed E-state index contributed by atoms with van der Waals surface area (Å²) in [6.45, 7) is 0. The van der Waals surface area contributed by atoms with Gasteiger partial charge in [0.05, 0.1) is 5.69 Å². The number of hydrogen-bond acceptors (Lipinski definition) is 1. The summed E-state index contributed by atoms with van der Waals surface area (Å²) in [6.07, 6.45) is 0. The molecule has 0 spiro atoms. The SMILES string of the molecule is BrC(=Nc1ccccc1)C(Br)(Br)Br. The molecule has 1 aromatic carbocycles. The van der Waals surface area contributed by atoms with Crippen molar-refractivity contribution in [2.75, 3.05) is 0 Å². The highest BCUT2D eigenvalue weighted by Crippen LogP contribution is 2.38. The molecule has 0 N–H and O–H groups in total. The fourth-order valence-electron chi connectivity index (χ4n) is 0.679. The lowest BCUT2D eigenvalue weighted by Gasteiger charge is -2.09. The second-order valence-electron chi connectivity index (χ2n) is 2.24. The number of alkyl halides is 3. The Morgan fingerprint density at radius 2 is 1.62 bits per heavy atom. The third kappa shape index (κ3) is 4.23. The van der Waals surface area contributed by atoms with Crippen LogP contribution in [0.25, 0.3) is 0 Å². The number of hydrogen-bond donors (Lipinski definition) is 0. The van der Waals surface area contributed by atoms with Crippen LogP contribution in [0.3, 0.4) is 0 Å². The van der Waals surface area contributed by atoms with Crippen molar-refractivity contribution in [2.24, 2.45) is 4.99 Å². The molecule has 0 saturated carbocycles. The van der Waals surface area contributed by atoms with Crippen molar-refractivity contribution in [3.05, 3.63) is 30.3 Å². The van der Waals surface area contributed by atoms with Crippen LogP contribution in [0.5, 0.6) is 0 Å². The van der Waals surface area contributed by atoms with Crippen molar-refractivity contribution in [1.82, 2.24) is 0 Å². The van der Waals surface area contributed by atoms with Crippen LogP contribution in [0.1, 0.15) is 0 Å². The summed E-state index contributed by atoms with van der Waals surface area (Å²) in [6, 6.07) is 9.70. The highest BCUT2D eigenvalue weighted by molar-refractivity contribution is 9.41. The van der Waals surface area contributed by atoms with E-state index in [2.05, 4.69) is 68.7 Å². The minimum absolute atomic E-state index is 0.483. The maximum absolute atomic E-state index is 4.32. The minimum atomic E-state index is -0.483. The first-order valence-electron chi connectivity index (χ1n) is 3.36. The van der Waals surface area contributed by atoms with Crippen LogP contribution >= 0.6 is 63.7 Å². The summed E-state index contributed by atoms with van der Waals surface area (Å²) in [7, 11) is 0. The summed E-state index contributed by atoms with van der Waals surface area (Å²) < 4.78 is 0.245. The van der Waals surface area contributed by atoms with Gasteiger partial charge in [-0.3, -0.25) is 0 Å². The molecule has 0 radical (unpaired) electrons. The zero-order chi connectivity index (χ0) is 9.90. The van der Waals surface area contributed by atoms with E-state index in [0.29, 0.717) is 0 Å². The van der Waals surface area contributed by atoms with Gasteiger partial charge in [-0.05, 0) is 28.1 Å². The van der Waals surface area contributed by atoms with Gasteiger partial charge in [-0.25, -0.2) is 4.99 Å². The summed E-state index contributed by atoms with van der Waals surface area (Å²) in [4.78, 5) is 4.32. The van der Waals surface area contributed by atoms with Crippen molar-refractivity contribution < 1.29 is 0 Å². The van der Waals surface area contributed by atoms with Crippen molar-refractivity contribution in [1.29, 1.82) is 0 Å². The molecule has 0 unspecified atom stereocenters. The fourth-order valence-corrected chi connectivity index (χ4v) is 1.15. The molecule has 0 fully saturated rings. The van der Waals surface area contributed by atoms with Crippen molar-refractivity contribution >= 4 is 74.0 Å². The number of benzene rings is 1. The maximum atomic E-state index is 4.32. The first kappa shape index (κ1) is 11.9. The van der Waals surface area contributed by atoms with Crippen LogP contribution in [-0.2, 0) is 0 Å². The molecule has 0 bridgehead atoms. The van der Waals surface area contributed by atoms with Gasteiger partial charge in [-0.1, -0.05) is 66.0 Å². The van der Waals surface area contributed by atoms with Gasteiger partial charge in [-0.2, -0.15) is 0 Å². The predicted octanol–water partition coefficient (Wildman–Crippen LogP) is 4.95. The van der Waals surface area contributed by atoms with Crippen molar-refractivity contribution in [3.63, 3.8) is 0 Å². The summed E-state index contributed by atoms with van der Waals surface area (Å²) in [5.41, 5.74) is 0.900. The van der Waals surface area contributed by atoms with E-state index in [-0.39, 0.29) is 0 Å². The van der Waals surface area contributed by atoms with E-state index in [1.165, 1.54) is 0 Å². The van der Waals surface area contributed by atoms with E-state index in [1.807, 2.05) is 30.3 Å². The highest BCUT2D eigenvalue weighted by Gasteiger charge is 2.23. The smallest absolute Gasteiger partial charge is 0.183 e. The van der Waals surface area contributed by atoms with E-state index >= 15 is 0 Å². The van der Waals surface area contributed by atoms with Gasteiger partial charge in [0.25, 0.3) is 0 Å². The van der Waals surface area contributed by atoms with Gasteiger partial charge in [0, 0.05) is 0 Å². The molecule has 0 aliphatic rings. The Morgan fingerprint density at radius 1 is 1.08 bits per heavy atom. The largest absolute Gasteiger partial charge is 0.243 e. The number of halogens is 4. The average molecular weight is 435 g/mol. The van der Waals surface area contributed by atoms with Crippen LogP contribution < -0.4 is 0 Å². The molecular formula is C8H5Br4N. The summed E-state index contributed by atoms with van der Waals surface area (Å²) in [5, 5.41) is 0. The lowest BCUT2D eigenvalue weighted by atomic mass is 10.3. The van der Waals surface area contributed by atoms with Gasteiger partial charge in [0.2, 0.25) is 0 Å². The van der Waals surface area contributed by atoms with Crippen LogP contribution in [0.2, 0.25) is 0 Å². The number of aliphatic imine (C=N–C) groups is 1. The Morgan fingerprint density at radius 3 is 2.08 bits per heavy atom. The minimum Gasteiger partial charge on any atom is -0.243 e. The Kier molecular flexibility index (Phi) is 4.62. The predicted molar refractivity (Wildman–Crippen MR) is 72.0 cm³/mol. The zero-order valence-corrected chi connectivity index (χ0v) is 12.7. The first-order chi connectivity index (χ1) is 6.00. The highest BCUT2D eigenvalue weighted by atomic mass is 80.0. The third-order valence-corrected chi connectivity index (χ3v) is 4.71. The van der Waals surface area contributed by atoms with E-state index < -0.39 is 2.14 Å². The van der Waals surface area contributed by atoms with Crippen LogP contribution in [0.4, 0.5) is 5.69 Å². The van der Waals surface area contributed by atoms with E-state index in [4.69, 9.17) is 0 Å². The Balaban J connectivity index is 2.90. The molecule has 0 aromatic heterocycles. The molecule has 1 nitrogen and oxygen atoms in total. The molecule has 0 aliphatic heterocycles. The molecule has 0 heterocycles. The zero-order valence-electron chi connectivity index (χ0n) is 6.35. The third-order valence-electron chi connectivity index (χ3n) is 1.22. The van der Waals surface area contributed by atoms with Gasteiger partial charge < -0.3 is 0 Å². The van der Waals surface area contributed by atoms with Gasteiger partial charge in [0.15, 0.2) is 2.14 Å². The number of para-hydroxylation sites is 1. The summed E-state index contributed by atoms with van der Waals surface area (Å²) in [5.74, 6) is 0. The van der Waals surface area contributed by atoms with Gasteiger partial charge in [-0.15, -0.1) is 0 Å². The molecular weight excluding hydrogens is 430 g/mol. The molecule has 0 saturated heterocycles. The molecule has 0 atom stereocenters. The number of rotatable bonds is 1. The lowest BCUT2D eigenvalue weighted by Crippen LogP contribution is -2.08. The molecule has 1 rings (SSSR count). The molecule has 0 amide bonds. The van der Waals surface area contributed by atoms with Crippen LogP contribution in [0.15, 0.2) is 35.3 Å². The summed E-state index contributed by atoms with van der Waals surface area (Å²) >= 11 is 13.4. The normalized spacial score (nSPS) is 13.1. The second-order valence-corrected chi connectivity index (χ2v) is 9.75. The van der Waals surface area contributed by atoms with E-state index in [9.17, 15) is 0 Å². The van der Waals surface area contributed by atoms with Gasteiger partial charge >= 0.3 is 0 Å². The fraction of sp³-hybridized carbons (Fsp3) is 0.125. The van der Waals surface area contributed by atoms with Gasteiger partial charge in [0.1, 0.15) is 4.62 Å². The van der Waals surface area contributed by atoms with E-state index in [1.54, 1.807) is 0 Å². The van der Waals surface area contributed by atoms with Crippen molar-refractivity contribution in [3.8, 4) is 0 Å². The monoisotopic (exact) mass is 431 g/mol. The Hall–Kier alpha value is 0.810. The molecule has 1 aromatic rings. The molecule has 5 heteroatoms. The topological polar surface area (TPSA) is 12.4 Å². The Labute approximate surface area is 111 Å². The van der Waals surface area contributed by atoms with Crippen LogP contribution in [0, 0.1) is 0 Å².